The first-order chi connectivity index (χ1) is 18.0. The topological polar surface area (TPSA) is 79.1 Å². The minimum absolute atomic E-state index is 0.220. The van der Waals surface area contributed by atoms with Gasteiger partial charge in [0.25, 0.3) is 5.56 Å². The summed E-state index contributed by atoms with van der Waals surface area (Å²) < 4.78 is 18.4. The number of hydrogen-bond acceptors (Lipinski definition) is 7. The third kappa shape index (κ3) is 4.34. The highest BCUT2D eigenvalue weighted by atomic mass is 32.1. The molecule has 1 aliphatic heterocycles. The van der Waals surface area contributed by atoms with Crippen molar-refractivity contribution in [3.8, 4) is 11.5 Å². The number of esters is 1. The van der Waals surface area contributed by atoms with Gasteiger partial charge in [-0.2, -0.15) is 0 Å². The van der Waals surface area contributed by atoms with Gasteiger partial charge in [0.1, 0.15) is 11.5 Å². The summed E-state index contributed by atoms with van der Waals surface area (Å²) in [6.07, 6.45) is 1.77. The molecule has 5 rings (SSSR count). The van der Waals surface area contributed by atoms with Crippen molar-refractivity contribution >= 4 is 34.2 Å². The van der Waals surface area contributed by atoms with Crippen LogP contribution >= 0.6 is 11.3 Å². The first kappa shape index (κ1) is 24.5. The number of thiazole rings is 1. The van der Waals surface area contributed by atoms with E-state index in [0.717, 1.165) is 16.3 Å². The van der Waals surface area contributed by atoms with Crippen LogP contribution < -0.4 is 24.4 Å². The van der Waals surface area contributed by atoms with Gasteiger partial charge in [0.15, 0.2) is 4.80 Å². The van der Waals surface area contributed by atoms with Gasteiger partial charge in [-0.1, -0.05) is 53.8 Å². The molecule has 0 unspecified atom stereocenters. The molecule has 37 heavy (non-hydrogen) atoms. The highest BCUT2D eigenvalue weighted by Gasteiger charge is 2.34. The molecular formula is C29H26N2O5S. The molecule has 0 fully saturated rings. The van der Waals surface area contributed by atoms with Crippen LogP contribution in [-0.2, 0) is 9.53 Å². The standard InChI is InChI=1S/C29H26N2O5S/c1-5-36-28(33)25-17(2)30-29-31(26(25)22-12-8-10-18-9-6-7-11-21(18)22)27(32)24(37-29)16-19-15-20(34-3)13-14-23(19)35-4/h6-16,26H,5H2,1-4H3/b24-16-/t26-/m1/s1. The Balaban J connectivity index is 1.80. The maximum Gasteiger partial charge on any atom is 0.338 e. The first-order valence-corrected chi connectivity index (χ1v) is 12.7. The van der Waals surface area contributed by atoms with Gasteiger partial charge in [0.05, 0.1) is 42.7 Å². The van der Waals surface area contributed by atoms with Crippen LogP contribution in [0.1, 0.15) is 31.0 Å². The lowest BCUT2D eigenvalue weighted by atomic mass is 9.91. The number of allylic oxidation sites excluding steroid dienone is 1. The summed E-state index contributed by atoms with van der Waals surface area (Å²) in [5, 5.41) is 1.97. The summed E-state index contributed by atoms with van der Waals surface area (Å²) in [4.78, 5) is 32.4. The molecule has 1 atom stereocenters. The molecule has 3 aromatic carbocycles. The average molecular weight is 515 g/mol. The maximum absolute atomic E-state index is 14.0. The second kappa shape index (κ2) is 10.1. The highest BCUT2D eigenvalue weighted by molar-refractivity contribution is 7.07. The molecule has 0 spiro atoms. The minimum atomic E-state index is -0.684. The zero-order valence-corrected chi connectivity index (χ0v) is 21.8. The molecule has 0 radical (unpaired) electrons. The lowest BCUT2D eigenvalue weighted by Gasteiger charge is -2.25. The van der Waals surface area contributed by atoms with E-state index in [2.05, 4.69) is 4.99 Å². The Labute approximate surface area is 217 Å². The van der Waals surface area contributed by atoms with E-state index < -0.39 is 12.0 Å². The van der Waals surface area contributed by atoms with E-state index in [1.807, 2.05) is 48.5 Å². The Kier molecular flexibility index (Phi) is 6.67. The molecular weight excluding hydrogens is 488 g/mol. The second-order valence-electron chi connectivity index (χ2n) is 8.48. The number of ether oxygens (including phenoxy) is 3. The van der Waals surface area contributed by atoms with Crippen LogP contribution in [0.5, 0.6) is 11.5 Å². The smallest absolute Gasteiger partial charge is 0.338 e. The van der Waals surface area contributed by atoms with Crippen LogP contribution in [-0.4, -0.2) is 31.4 Å². The summed E-state index contributed by atoms with van der Waals surface area (Å²) in [6.45, 7) is 3.77. The average Bonchev–Trinajstić information content (AvgIpc) is 3.21. The molecule has 0 saturated carbocycles. The number of hydrogen-bond donors (Lipinski definition) is 0. The molecule has 1 aliphatic rings. The zero-order valence-electron chi connectivity index (χ0n) is 21.0. The lowest BCUT2D eigenvalue weighted by molar-refractivity contribution is -0.139. The number of carbonyl (C=O) groups is 1. The summed E-state index contributed by atoms with van der Waals surface area (Å²) in [5.41, 5.74) is 2.18. The molecule has 0 aliphatic carbocycles. The van der Waals surface area contributed by atoms with E-state index in [1.54, 1.807) is 50.8 Å². The van der Waals surface area contributed by atoms with E-state index in [0.29, 0.717) is 37.7 Å². The van der Waals surface area contributed by atoms with Crippen molar-refractivity contribution < 1.29 is 19.0 Å². The number of aromatic nitrogens is 1. The number of benzene rings is 3. The largest absolute Gasteiger partial charge is 0.497 e. The van der Waals surface area contributed by atoms with Crippen LogP contribution in [0.4, 0.5) is 0 Å². The number of fused-ring (bicyclic) bond motifs is 2. The van der Waals surface area contributed by atoms with Crippen molar-refractivity contribution in [1.82, 2.24) is 4.57 Å². The predicted molar refractivity (Wildman–Crippen MR) is 144 cm³/mol. The van der Waals surface area contributed by atoms with Crippen LogP contribution in [0.25, 0.3) is 16.8 Å². The fourth-order valence-electron chi connectivity index (χ4n) is 4.67. The van der Waals surface area contributed by atoms with Gasteiger partial charge >= 0.3 is 5.97 Å². The lowest BCUT2D eigenvalue weighted by Crippen LogP contribution is -2.40. The van der Waals surface area contributed by atoms with E-state index >= 15 is 0 Å². The predicted octanol–water partition coefficient (Wildman–Crippen LogP) is 3.97. The molecule has 0 bridgehead atoms. The normalized spacial score (nSPS) is 15.4. The Morgan fingerprint density at radius 2 is 1.86 bits per heavy atom. The van der Waals surface area contributed by atoms with Crippen LogP contribution in [0.3, 0.4) is 0 Å². The molecule has 1 aromatic heterocycles. The van der Waals surface area contributed by atoms with Gasteiger partial charge in [0, 0.05) is 5.56 Å². The second-order valence-corrected chi connectivity index (χ2v) is 9.49. The molecule has 2 heterocycles. The Hall–Kier alpha value is -4.17. The van der Waals surface area contributed by atoms with Crippen molar-refractivity contribution in [1.29, 1.82) is 0 Å². The van der Waals surface area contributed by atoms with Crippen molar-refractivity contribution in [3.05, 3.63) is 103 Å². The van der Waals surface area contributed by atoms with E-state index in [-0.39, 0.29) is 12.2 Å². The number of carbonyl (C=O) groups excluding carboxylic acids is 1. The fourth-order valence-corrected chi connectivity index (χ4v) is 5.71. The summed E-state index contributed by atoms with van der Waals surface area (Å²) in [6, 6.07) is 18.6. The molecule has 4 aromatic rings. The molecule has 7 nitrogen and oxygen atoms in total. The van der Waals surface area contributed by atoms with Gasteiger partial charge in [-0.05, 0) is 54.5 Å². The molecule has 0 N–H and O–H groups in total. The van der Waals surface area contributed by atoms with Gasteiger partial charge in [0.2, 0.25) is 0 Å². The van der Waals surface area contributed by atoms with Crippen molar-refractivity contribution in [2.45, 2.75) is 19.9 Å². The summed E-state index contributed by atoms with van der Waals surface area (Å²) in [5.74, 6) is 0.778. The number of nitrogens with zero attached hydrogens (tertiary/aromatic N) is 2. The van der Waals surface area contributed by atoms with Gasteiger partial charge < -0.3 is 14.2 Å². The van der Waals surface area contributed by atoms with Crippen LogP contribution in [0, 0.1) is 0 Å². The maximum atomic E-state index is 14.0. The quantitative estimate of drug-likeness (QED) is 0.364. The summed E-state index contributed by atoms with van der Waals surface area (Å²) >= 11 is 1.27. The zero-order chi connectivity index (χ0) is 26.1. The molecule has 0 amide bonds. The van der Waals surface area contributed by atoms with E-state index in [9.17, 15) is 9.59 Å². The Morgan fingerprint density at radius 1 is 1.08 bits per heavy atom. The van der Waals surface area contributed by atoms with Crippen molar-refractivity contribution in [2.24, 2.45) is 4.99 Å². The van der Waals surface area contributed by atoms with Crippen molar-refractivity contribution in [2.75, 3.05) is 20.8 Å². The molecule has 0 saturated heterocycles. The monoisotopic (exact) mass is 514 g/mol. The van der Waals surface area contributed by atoms with Crippen molar-refractivity contribution in [3.63, 3.8) is 0 Å². The third-order valence-electron chi connectivity index (χ3n) is 6.36. The van der Waals surface area contributed by atoms with Gasteiger partial charge in [-0.3, -0.25) is 9.36 Å². The first-order valence-electron chi connectivity index (χ1n) is 11.9. The summed E-state index contributed by atoms with van der Waals surface area (Å²) in [7, 11) is 3.17. The van der Waals surface area contributed by atoms with E-state index in [4.69, 9.17) is 14.2 Å². The number of rotatable bonds is 6. The van der Waals surface area contributed by atoms with Gasteiger partial charge in [-0.25, -0.2) is 9.79 Å². The van der Waals surface area contributed by atoms with E-state index in [1.165, 1.54) is 11.3 Å². The minimum Gasteiger partial charge on any atom is -0.497 e. The molecule has 188 valence electrons. The fraction of sp³-hybridized carbons (Fsp3) is 0.207. The SMILES string of the molecule is CCOC(=O)C1=C(C)N=c2s/c(=C\c3cc(OC)ccc3OC)c(=O)n2[C@@H]1c1cccc2ccccc12. The Bertz CT molecular complexity index is 1730. The van der Waals surface area contributed by atoms with Crippen LogP contribution in [0.15, 0.2) is 81.7 Å². The highest BCUT2D eigenvalue weighted by Crippen LogP contribution is 2.35. The third-order valence-corrected chi connectivity index (χ3v) is 7.34. The number of methoxy groups -OCH3 is 2. The Morgan fingerprint density at radius 3 is 2.62 bits per heavy atom. The molecule has 8 heteroatoms. The van der Waals surface area contributed by atoms with Crippen LogP contribution in [0.2, 0.25) is 0 Å². The van der Waals surface area contributed by atoms with Gasteiger partial charge in [-0.15, -0.1) is 0 Å².